The predicted octanol–water partition coefficient (Wildman–Crippen LogP) is 5.34. The van der Waals surface area contributed by atoms with E-state index in [2.05, 4.69) is 20.4 Å². The average Bonchev–Trinajstić information content (AvgIpc) is 3.17. The van der Waals surface area contributed by atoms with E-state index in [0.717, 1.165) is 16.6 Å². The first kappa shape index (κ1) is 22.1. The van der Waals surface area contributed by atoms with E-state index in [-0.39, 0.29) is 5.78 Å². The van der Waals surface area contributed by atoms with Gasteiger partial charge in [-0.3, -0.25) is 10.1 Å². The van der Waals surface area contributed by atoms with E-state index < -0.39 is 11.7 Å². The van der Waals surface area contributed by atoms with Crippen molar-refractivity contribution in [2.75, 3.05) is 5.32 Å². The maximum Gasteiger partial charge on any atom is 0.412 e. The highest BCUT2D eigenvalue weighted by Gasteiger charge is 2.19. The molecule has 0 saturated heterocycles. The molecule has 1 amide bonds. The number of fused-ring (bicyclic) bond motifs is 1. The van der Waals surface area contributed by atoms with E-state index in [1.165, 1.54) is 6.92 Å². The number of nitrogens with zero attached hydrogens (tertiary/aromatic N) is 4. The maximum atomic E-state index is 12.6. The fraction of sp³-hybridized carbons (Fsp3) is 0.240. The summed E-state index contributed by atoms with van der Waals surface area (Å²) in [4.78, 5) is 33.5. The minimum absolute atomic E-state index is 0.126. The number of carbonyl (C=O) groups is 2. The van der Waals surface area contributed by atoms with Crippen LogP contribution in [0.2, 0.25) is 0 Å². The Kier molecular flexibility index (Phi) is 5.68. The Bertz CT molecular complexity index is 1370. The van der Waals surface area contributed by atoms with Crippen LogP contribution in [0.4, 0.5) is 10.5 Å². The molecule has 4 aromatic rings. The number of rotatable bonds is 4. The number of hydrogen-bond acceptors (Lipinski definition) is 6. The molecular formula is C25H25N5O3. The fourth-order valence-electron chi connectivity index (χ4n) is 3.41. The number of amides is 1. The Hall–Kier alpha value is -4.07. The zero-order valence-corrected chi connectivity index (χ0v) is 19.2. The number of anilines is 1. The van der Waals surface area contributed by atoms with Crippen LogP contribution in [-0.4, -0.2) is 37.2 Å². The van der Waals surface area contributed by atoms with Crippen molar-refractivity contribution in [3.8, 4) is 17.1 Å². The van der Waals surface area contributed by atoms with E-state index in [0.29, 0.717) is 28.5 Å². The van der Waals surface area contributed by atoms with Crippen LogP contribution in [0, 0.1) is 6.92 Å². The first-order valence-electron chi connectivity index (χ1n) is 10.5. The lowest BCUT2D eigenvalue weighted by Crippen LogP contribution is -2.27. The molecule has 1 aromatic carbocycles. The second-order valence-electron chi connectivity index (χ2n) is 8.74. The second-order valence-corrected chi connectivity index (χ2v) is 8.74. The van der Waals surface area contributed by atoms with E-state index in [1.807, 2.05) is 37.3 Å². The molecule has 0 aliphatic carbocycles. The molecule has 4 rings (SSSR count). The largest absolute Gasteiger partial charge is 0.444 e. The number of Topliss-reactive ketones (excluding diaryl/α,β-unsaturated/α-hetero) is 1. The number of nitrogens with one attached hydrogen (secondary N) is 1. The van der Waals surface area contributed by atoms with Crippen LogP contribution in [-0.2, 0) is 4.74 Å². The van der Waals surface area contributed by atoms with Gasteiger partial charge in [-0.25, -0.2) is 19.4 Å². The van der Waals surface area contributed by atoms with Crippen molar-refractivity contribution in [1.82, 2.24) is 19.7 Å². The van der Waals surface area contributed by atoms with Crippen molar-refractivity contribution in [2.45, 2.75) is 40.2 Å². The molecule has 0 spiro atoms. The van der Waals surface area contributed by atoms with Gasteiger partial charge in [0, 0.05) is 23.6 Å². The standard InChI is InChI=1S/C25H25N5O3/c1-15-8-6-11-23(27-15)30-22-13-17(20-10-7-9-19(28-20)16(2)31)12-21(18(22)14-26-30)29-24(32)33-25(3,4)5/h6-14H,1-5H3,(H,29,32). The molecule has 3 heterocycles. The lowest BCUT2D eigenvalue weighted by molar-refractivity contribution is 0.0636. The third-order valence-corrected chi connectivity index (χ3v) is 4.82. The summed E-state index contributed by atoms with van der Waals surface area (Å²) in [5.41, 5.74) is 3.14. The monoisotopic (exact) mass is 443 g/mol. The van der Waals surface area contributed by atoms with Gasteiger partial charge < -0.3 is 4.74 Å². The zero-order chi connectivity index (χ0) is 23.8. The van der Waals surface area contributed by atoms with E-state index in [9.17, 15) is 9.59 Å². The minimum Gasteiger partial charge on any atom is -0.444 e. The molecule has 168 valence electrons. The lowest BCUT2D eigenvalue weighted by atomic mass is 10.1. The first-order chi connectivity index (χ1) is 15.6. The molecule has 8 nitrogen and oxygen atoms in total. The summed E-state index contributed by atoms with van der Waals surface area (Å²) >= 11 is 0. The molecule has 8 heteroatoms. The number of ether oxygens (including phenoxy) is 1. The molecule has 0 atom stereocenters. The maximum absolute atomic E-state index is 12.6. The highest BCUT2D eigenvalue weighted by molar-refractivity contribution is 6.02. The van der Waals surface area contributed by atoms with Gasteiger partial charge in [-0.1, -0.05) is 12.1 Å². The van der Waals surface area contributed by atoms with Gasteiger partial charge in [-0.2, -0.15) is 5.10 Å². The van der Waals surface area contributed by atoms with Crippen LogP contribution in [0.25, 0.3) is 28.0 Å². The molecular weight excluding hydrogens is 418 g/mol. The Morgan fingerprint density at radius 2 is 1.79 bits per heavy atom. The Labute approximate surface area is 191 Å². The third-order valence-electron chi connectivity index (χ3n) is 4.82. The number of ketones is 1. The second kappa shape index (κ2) is 8.46. The van der Waals surface area contributed by atoms with Crippen LogP contribution >= 0.6 is 0 Å². The highest BCUT2D eigenvalue weighted by Crippen LogP contribution is 2.32. The molecule has 0 unspecified atom stereocenters. The van der Waals surface area contributed by atoms with E-state index in [1.54, 1.807) is 49.8 Å². The summed E-state index contributed by atoms with van der Waals surface area (Å²) in [6.45, 7) is 8.79. The molecule has 0 saturated carbocycles. The number of hydrogen-bond donors (Lipinski definition) is 1. The molecule has 0 aliphatic rings. The van der Waals surface area contributed by atoms with Gasteiger partial charge in [0.05, 0.1) is 23.1 Å². The number of aryl methyl sites for hydroxylation is 1. The molecule has 33 heavy (non-hydrogen) atoms. The summed E-state index contributed by atoms with van der Waals surface area (Å²) in [7, 11) is 0. The van der Waals surface area contributed by atoms with Gasteiger partial charge in [-0.05, 0) is 64.1 Å². The highest BCUT2D eigenvalue weighted by atomic mass is 16.6. The predicted molar refractivity (Wildman–Crippen MR) is 127 cm³/mol. The molecule has 1 N–H and O–H groups in total. The average molecular weight is 444 g/mol. The molecule has 0 bridgehead atoms. The summed E-state index contributed by atoms with van der Waals surface area (Å²) in [5.74, 6) is 0.523. The van der Waals surface area contributed by atoms with E-state index in [4.69, 9.17) is 4.74 Å². The third kappa shape index (κ3) is 4.90. The quantitative estimate of drug-likeness (QED) is 0.428. The van der Waals surface area contributed by atoms with Gasteiger partial charge in [0.15, 0.2) is 11.6 Å². The Balaban J connectivity index is 1.89. The summed E-state index contributed by atoms with van der Waals surface area (Å²) < 4.78 is 7.15. The molecule has 0 radical (unpaired) electrons. The number of carbonyl (C=O) groups excluding carboxylic acids is 2. The van der Waals surface area contributed by atoms with Crippen molar-refractivity contribution >= 4 is 28.5 Å². The lowest BCUT2D eigenvalue weighted by Gasteiger charge is -2.20. The smallest absolute Gasteiger partial charge is 0.412 e. The topological polar surface area (TPSA) is 99.0 Å². The van der Waals surface area contributed by atoms with Crippen molar-refractivity contribution in [1.29, 1.82) is 0 Å². The SMILES string of the molecule is CC(=O)c1cccc(-c2cc(NC(=O)OC(C)(C)C)c3cnn(-c4cccc(C)n4)c3c2)n1. The zero-order valence-electron chi connectivity index (χ0n) is 19.2. The van der Waals surface area contributed by atoms with Crippen molar-refractivity contribution in [2.24, 2.45) is 0 Å². The number of pyridine rings is 2. The van der Waals surface area contributed by atoms with Gasteiger partial charge in [0.2, 0.25) is 0 Å². The molecule has 0 fully saturated rings. The van der Waals surface area contributed by atoms with Gasteiger partial charge in [-0.15, -0.1) is 0 Å². The first-order valence-corrected chi connectivity index (χ1v) is 10.5. The van der Waals surface area contributed by atoms with Crippen molar-refractivity contribution in [3.63, 3.8) is 0 Å². The van der Waals surface area contributed by atoms with Gasteiger partial charge in [0.1, 0.15) is 11.3 Å². The summed E-state index contributed by atoms with van der Waals surface area (Å²) in [6.07, 6.45) is 1.10. The molecule has 0 aliphatic heterocycles. The molecule has 3 aromatic heterocycles. The van der Waals surface area contributed by atoms with Crippen LogP contribution in [0.1, 0.15) is 43.9 Å². The van der Waals surface area contributed by atoms with Gasteiger partial charge >= 0.3 is 6.09 Å². The number of aromatic nitrogens is 4. The van der Waals surface area contributed by atoms with Gasteiger partial charge in [0.25, 0.3) is 0 Å². The Morgan fingerprint density at radius 3 is 2.48 bits per heavy atom. The normalized spacial score (nSPS) is 11.4. The van der Waals surface area contributed by atoms with E-state index >= 15 is 0 Å². The Morgan fingerprint density at radius 1 is 1.03 bits per heavy atom. The minimum atomic E-state index is -0.645. The summed E-state index contributed by atoms with van der Waals surface area (Å²) in [6, 6.07) is 14.7. The van der Waals surface area contributed by atoms with Crippen LogP contribution in [0.3, 0.4) is 0 Å². The van der Waals surface area contributed by atoms with Crippen LogP contribution in [0.5, 0.6) is 0 Å². The van der Waals surface area contributed by atoms with Crippen molar-refractivity contribution < 1.29 is 14.3 Å². The van der Waals surface area contributed by atoms with Crippen LogP contribution < -0.4 is 5.32 Å². The van der Waals surface area contributed by atoms with Crippen molar-refractivity contribution in [3.05, 3.63) is 66.1 Å². The number of benzene rings is 1. The summed E-state index contributed by atoms with van der Waals surface area (Å²) in [5, 5.41) is 8.07. The van der Waals surface area contributed by atoms with Crippen LogP contribution in [0.15, 0.2) is 54.7 Å². The fourth-order valence-corrected chi connectivity index (χ4v) is 3.41.